The van der Waals surface area contributed by atoms with Gasteiger partial charge in [-0.2, -0.15) is 5.10 Å². The topological polar surface area (TPSA) is 69.0 Å². The number of halogens is 2. The fourth-order valence-electron chi connectivity index (χ4n) is 1.89. The van der Waals surface area contributed by atoms with Gasteiger partial charge in [-0.1, -0.05) is 0 Å². The summed E-state index contributed by atoms with van der Waals surface area (Å²) in [5.41, 5.74) is 0.994. The van der Waals surface area contributed by atoms with Crippen LogP contribution in [-0.4, -0.2) is 36.2 Å². The van der Waals surface area contributed by atoms with Crippen LogP contribution < -0.4 is 0 Å². The van der Waals surface area contributed by atoms with E-state index in [9.17, 15) is 22.0 Å². The van der Waals surface area contributed by atoms with E-state index in [1.807, 2.05) is 0 Å². The molecule has 0 saturated heterocycles. The molecule has 1 aromatic carbocycles. The van der Waals surface area contributed by atoms with Crippen molar-refractivity contribution in [1.82, 2.24) is 9.78 Å². The number of carbonyl (C=O) groups is 1. The van der Waals surface area contributed by atoms with Crippen molar-refractivity contribution in [2.45, 2.75) is 11.3 Å². The molecule has 0 N–H and O–H groups in total. The minimum Gasteiger partial charge on any atom is -0.289 e. The standard InChI is InChI=1S/C15H14F2N2O3S/c1-19-12(8-9-18-19)4-7-14(20)11-2-5-13(6-3-11)23(21,22)10-15(16)17/h2-9,15H,10H2,1H3/b7-4+. The Bertz CT molecular complexity index is 825. The van der Waals surface area contributed by atoms with E-state index in [4.69, 9.17) is 0 Å². The molecule has 2 rings (SSSR count). The Morgan fingerprint density at radius 1 is 1.26 bits per heavy atom. The Morgan fingerprint density at radius 3 is 2.43 bits per heavy atom. The van der Waals surface area contributed by atoms with Gasteiger partial charge in [-0.05, 0) is 42.5 Å². The highest BCUT2D eigenvalue weighted by atomic mass is 32.2. The highest BCUT2D eigenvalue weighted by molar-refractivity contribution is 7.91. The summed E-state index contributed by atoms with van der Waals surface area (Å²) in [6.45, 7) is 0. The van der Waals surface area contributed by atoms with Gasteiger partial charge in [0.15, 0.2) is 15.6 Å². The van der Waals surface area contributed by atoms with Crippen molar-refractivity contribution in [1.29, 1.82) is 0 Å². The number of aromatic nitrogens is 2. The molecule has 0 atom stereocenters. The molecular formula is C15H14F2N2O3S. The van der Waals surface area contributed by atoms with Gasteiger partial charge in [0.25, 0.3) is 6.43 Å². The number of allylic oxidation sites excluding steroid dienone is 1. The third-order valence-corrected chi connectivity index (χ3v) is 4.79. The molecule has 1 aromatic heterocycles. The average Bonchev–Trinajstić information content (AvgIpc) is 2.89. The molecular weight excluding hydrogens is 326 g/mol. The third-order valence-electron chi connectivity index (χ3n) is 3.11. The molecule has 0 amide bonds. The van der Waals surface area contributed by atoms with E-state index >= 15 is 0 Å². The highest BCUT2D eigenvalue weighted by Crippen LogP contribution is 2.15. The third kappa shape index (κ3) is 4.32. The molecule has 0 spiro atoms. The number of benzene rings is 1. The number of sulfone groups is 1. The molecule has 8 heteroatoms. The van der Waals surface area contributed by atoms with E-state index in [1.54, 1.807) is 30.1 Å². The zero-order chi connectivity index (χ0) is 17.0. The first kappa shape index (κ1) is 17.0. The predicted molar refractivity (Wildman–Crippen MR) is 81.1 cm³/mol. The lowest BCUT2D eigenvalue weighted by Crippen LogP contribution is -2.13. The lowest BCUT2D eigenvalue weighted by molar-refractivity contribution is 0.104. The summed E-state index contributed by atoms with van der Waals surface area (Å²) in [5, 5.41) is 3.96. The molecule has 0 aliphatic rings. The molecule has 0 unspecified atom stereocenters. The zero-order valence-corrected chi connectivity index (χ0v) is 13.0. The van der Waals surface area contributed by atoms with Gasteiger partial charge in [0.2, 0.25) is 0 Å². The first-order valence-electron chi connectivity index (χ1n) is 6.61. The first-order valence-corrected chi connectivity index (χ1v) is 8.26. The maximum atomic E-state index is 12.2. The van der Waals surface area contributed by atoms with Crippen molar-refractivity contribution in [3.63, 3.8) is 0 Å². The largest absolute Gasteiger partial charge is 0.289 e. The number of aryl methyl sites for hydroxylation is 1. The van der Waals surface area contributed by atoms with Gasteiger partial charge in [0.05, 0.1) is 10.6 Å². The monoisotopic (exact) mass is 340 g/mol. The van der Waals surface area contributed by atoms with Crippen LogP contribution in [0.4, 0.5) is 8.78 Å². The molecule has 5 nitrogen and oxygen atoms in total. The zero-order valence-electron chi connectivity index (χ0n) is 12.2. The summed E-state index contributed by atoms with van der Waals surface area (Å²) in [7, 11) is -2.32. The van der Waals surface area contributed by atoms with Crippen molar-refractivity contribution < 1.29 is 22.0 Å². The van der Waals surface area contributed by atoms with Crippen molar-refractivity contribution in [2.75, 3.05) is 5.75 Å². The second-order valence-corrected chi connectivity index (χ2v) is 6.81. The number of alkyl halides is 2. The second kappa shape index (κ2) is 6.82. The highest BCUT2D eigenvalue weighted by Gasteiger charge is 2.20. The molecule has 2 aromatic rings. The van der Waals surface area contributed by atoms with Crippen LogP contribution in [-0.2, 0) is 16.9 Å². The molecule has 0 fully saturated rings. The number of hydrogen-bond donors (Lipinski definition) is 0. The van der Waals surface area contributed by atoms with Crippen LogP contribution in [0.3, 0.4) is 0 Å². The van der Waals surface area contributed by atoms with Crippen LogP contribution in [0, 0.1) is 0 Å². The summed E-state index contributed by atoms with van der Waals surface area (Å²) < 4.78 is 49.4. The summed E-state index contributed by atoms with van der Waals surface area (Å²) in [5.74, 6) is -1.57. The molecule has 0 bridgehead atoms. The summed E-state index contributed by atoms with van der Waals surface area (Å²) in [4.78, 5) is 11.8. The van der Waals surface area contributed by atoms with Gasteiger partial charge in [0.1, 0.15) is 5.75 Å². The molecule has 0 saturated carbocycles. The number of ketones is 1. The first-order chi connectivity index (χ1) is 10.8. The number of nitrogens with zero attached hydrogens (tertiary/aromatic N) is 2. The minimum absolute atomic E-state index is 0.232. The summed E-state index contributed by atoms with van der Waals surface area (Å²) in [6, 6.07) is 6.64. The van der Waals surface area contributed by atoms with Crippen molar-refractivity contribution in [2.24, 2.45) is 7.05 Å². The molecule has 0 aliphatic heterocycles. The summed E-state index contributed by atoms with van der Waals surface area (Å²) in [6.07, 6.45) is 1.56. The van der Waals surface area contributed by atoms with E-state index in [0.29, 0.717) is 0 Å². The van der Waals surface area contributed by atoms with Crippen LogP contribution >= 0.6 is 0 Å². The fraction of sp³-hybridized carbons (Fsp3) is 0.200. The molecule has 122 valence electrons. The molecule has 0 aliphatic carbocycles. The van der Waals surface area contributed by atoms with Gasteiger partial charge in [-0.3, -0.25) is 9.48 Å². The van der Waals surface area contributed by atoms with Crippen LogP contribution in [0.5, 0.6) is 0 Å². The lowest BCUT2D eigenvalue weighted by Gasteiger charge is -2.04. The quantitative estimate of drug-likeness (QED) is 0.598. The fourth-order valence-corrected chi connectivity index (χ4v) is 2.97. The minimum atomic E-state index is -4.05. The van der Waals surface area contributed by atoms with Gasteiger partial charge < -0.3 is 0 Å². The number of carbonyl (C=O) groups excluding carboxylic acids is 1. The molecule has 23 heavy (non-hydrogen) atoms. The Hall–Kier alpha value is -2.35. The number of rotatable bonds is 6. The van der Waals surface area contributed by atoms with E-state index in [2.05, 4.69) is 5.10 Å². The van der Waals surface area contributed by atoms with Crippen LogP contribution in [0.15, 0.2) is 47.5 Å². The predicted octanol–water partition coefficient (Wildman–Crippen LogP) is 2.36. The van der Waals surface area contributed by atoms with Gasteiger partial charge in [-0.25, -0.2) is 17.2 Å². The van der Waals surface area contributed by atoms with E-state index in [-0.39, 0.29) is 16.2 Å². The van der Waals surface area contributed by atoms with Gasteiger partial charge in [-0.15, -0.1) is 0 Å². The molecule has 1 heterocycles. The van der Waals surface area contributed by atoms with E-state index in [0.717, 1.165) is 17.8 Å². The van der Waals surface area contributed by atoms with Crippen molar-refractivity contribution in [3.05, 3.63) is 53.9 Å². The number of hydrogen-bond acceptors (Lipinski definition) is 4. The Labute approximate surface area is 132 Å². The summed E-state index contributed by atoms with van der Waals surface area (Å²) >= 11 is 0. The average molecular weight is 340 g/mol. The van der Waals surface area contributed by atoms with E-state index in [1.165, 1.54) is 18.2 Å². The second-order valence-electron chi connectivity index (χ2n) is 4.77. The van der Waals surface area contributed by atoms with Crippen LogP contribution in [0.2, 0.25) is 0 Å². The van der Waals surface area contributed by atoms with Gasteiger partial charge >= 0.3 is 0 Å². The van der Waals surface area contributed by atoms with Crippen molar-refractivity contribution >= 4 is 21.7 Å². The maximum Gasteiger partial charge on any atom is 0.252 e. The Balaban J connectivity index is 2.15. The Kier molecular flexibility index (Phi) is 5.05. The van der Waals surface area contributed by atoms with E-state index < -0.39 is 22.0 Å². The van der Waals surface area contributed by atoms with Gasteiger partial charge in [0, 0.05) is 18.8 Å². The SMILES string of the molecule is Cn1nccc1/C=C/C(=O)c1ccc(S(=O)(=O)CC(F)F)cc1. The lowest BCUT2D eigenvalue weighted by atomic mass is 10.1. The van der Waals surface area contributed by atoms with Crippen LogP contribution in [0.1, 0.15) is 16.1 Å². The normalized spacial score (nSPS) is 12.2. The Morgan fingerprint density at radius 2 is 1.91 bits per heavy atom. The van der Waals surface area contributed by atoms with Crippen LogP contribution in [0.25, 0.3) is 6.08 Å². The smallest absolute Gasteiger partial charge is 0.252 e. The molecule has 0 radical (unpaired) electrons. The maximum absolute atomic E-state index is 12.2. The van der Waals surface area contributed by atoms with Crippen molar-refractivity contribution in [3.8, 4) is 0 Å².